The van der Waals surface area contributed by atoms with Gasteiger partial charge in [-0.3, -0.25) is 29.5 Å². The summed E-state index contributed by atoms with van der Waals surface area (Å²) in [5.74, 6) is -0.794. The van der Waals surface area contributed by atoms with E-state index in [1.807, 2.05) is 4.90 Å². The van der Waals surface area contributed by atoms with Gasteiger partial charge in [-0.2, -0.15) is 4.98 Å². The van der Waals surface area contributed by atoms with Crippen LogP contribution in [-0.4, -0.2) is 39.8 Å². The number of carbonyl (C=O) groups is 2. The summed E-state index contributed by atoms with van der Waals surface area (Å²) in [5, 5.41) is 16.3. The number of hydrogen-bond acceptors (Lipinski definition) is 7. The number of non-ortho nitro benzene ring substituents is 1. The summed E-state index contributed by atoms with van der Waals surface area (Å²) in [6.45, 7) is 7.43. The number of H-pyrrole nitrogens is 1. The molecule has 0 saturated carbocycles. The molecule has 4 rings (SSSR count). The second kappa shape index (κ2) is 8.64. The van der Waals surface area contributed by atoms with Crippen LogP contribution in [0.1, 0.15) is 43.7 Å². The minimum atomic E-state index is -1.07. The Labute approximate surface area is 189 Å². The molecule has 0 spiro atoms. The van der Waals surface area contributed by atoms with Gasteiger partial charge in [0.15, 0.2) is 0 Å². The average molecular weight is 454 g/mol. The minimum absolute atomic E-state index is 0.0757. The van der Waals surface area contributed by atoms with Crippen LogP contribution in [0.15, 0.2) is 23.0 Å². The van der Waals surface area contributed by atoms with Crippen molar-refractivity contribution in [3.8, 4) is 0 Å². The maximum atomic E-state index is 13.1. The summed E-state index contributed by atoms with van der Waals surface area (Å²) >= 11 is 0. The molecule has 3 atom stereocenters. The third-order valence-corrected chi connectivity index (χ3v) is 6.11. The van der Waals surface area contributed by atoms with Crippen molar-refractivity contribution >= 4 is 35.0 Å². The van der Waals surface area contributed by atoms with Crippen LogP contribution in [0.4, 0.5) is 23.1 Å². The maximum Gasteiger partial charge on any atom is 0.271 e. The van der Waals surface area contributed by atoms with E-state index >= 15 is 0 Å². The van der Waals surface area contributed by atoms with Crippen molar-refractivity contribution in [3.63, 3.8) is 0 Å². The molecule has 3 heterocycles. The van der Waals surface area contributed by atoms with E-state index in [1.165, 1.54) is 18.2 Å². The van der Waals surface area contributed by atoms with E-state index in [2.05, 4.69) is 34.4 Å². The third-order valence-electron chi connectivity index (χ3n) is 6.11. The van der Waals surface area contributed by atoms with Crippen molar-refractivity contribution in [2.45, 2.75) is 39.5 Å². The first-order valence-corrected chi connectivity index (χ1v) is 10.9. The smallest absolute Gasteiger partial charge is 0.271 e. The Kier molecular flexibility index (Phi) is 5.88. The number of piperidine rings is 1. The molecule has 2 aromatic rings. The Morgan fingerprint density at radius 2 is 1.94 bits per heavy atom. The van der Waals surface area contributed by atoms with Gasteiger partial charge in [0.25, 0.3) is 11.2 Å². The molecule has 33 heavy (non-hydrogen) atoms. The first kappa shape index (κ1) is 22.4. The normalized spacial score (nSPS) is 22.3. The first-order valence-electron chi connectivity index (χ1n) is 10.9. The van der Waals surface area contributed by atoms with E-state index in [4.69, 9.17) is 0 Å². The lowest BCUT2D eigenvalue weighted by Crippen LogP contribution is -2.42. The number of hydrogen-bond donors (Lipinski definition) is 3. The topological polar surface area (TPSA) is 150 Å². The molecule has 1 fully saturated rings. The summed E-state index contributed by atoms with van der Waals surface area (Å²) in [4.78, 5) is 58.3. The number of aromatic nitrogens is 2. The summed E-state index contributed by atoms with van der Waals surface area (Å²) in [6.07, 6.45) is 0.858. The van der Waals surface area contributed by atoms with E-state index in [0.717, 1.165) is 19.5 Å². The zero-order valence-electron chi connectivity index (χ0n) is 18.7. The Hall–Kier alpha value is -3.76. The van der Waals surface area contributed by atoms with Crippen molar-refractivity contribution in [3.05, 3.63) is 49.8 Å². The Bertz CT molecular complexity index is 1180. The maximum absolute atomic E-state index is 13.1. The van der Waals surface area contributed by atoms with Crippen molar-refractivity contribution in [2.24, 2.45) is 11.8 Å². The molecule has 11 nitrogen and oxygen atoms in total. The van der Waals surface area contributed by atoms with E-state index in [1.54, 1.807) is 6.92 Å². The largest absolute Gasteiger partial charge is 0.342 e. The van der Waals surface area contributed by atoms with Gasteiger partial charge in [0.05, 0.1) is 22.1 Å². The fraction of sp³-hybridized carbons (Fsp3) is 0.455. The quantitative estimate of drug-likeness (QED) is 0.474. The molecule has 1 saturated heterocycles. The van der Waals surface area contributed by atoms with Gasteiger partial charge in [-0.15, -0.1) is 0 Å². The standard InChI is InChI=1S/C22H26N6O5/c1-11-6-12(2)10-27(9-11)22-25-19-18(21(31)26-22)15(8-17(29)24-19)20(30)23-16-7-14(28(32)33)5-4-13(16)3/h4-5,7,11-12,15H,6,8-10H2,1-3H3,(H,23,30)(H2,24,25,26,29,31)/t11-,12-,15+/m1/s1. The van der Waals surface area contributed by atoms with Gasteiger partial charge in [-0.25, -0.2) is 0 Å². The third kappa shape index (κ3) is 4.57. The molecule has 0 radical (unpaired) electrons. The van der Waals surface area contributed by atoms with Gasteiger partial charge in [0.1, 0.15) is 5.82 Å². The Morgan fingerprint density at radius 1 is 1.24 bits per heavy atom. The molecular weight excluding hydrogens is 428 g/mol. The molecule has 1 aromatic heterocycles. The van der Waals surface area contributed by atoms with Gasteiger partial charge in [0, 0.05) is 31.6 Å². The van der Waals surface area contributed by atoms with Crippen LogP contribution >= 0.6 is 0 Å². The number of fused-ring (bicyclic) bond motifs is 1. The van der Waals surface area contributed by atoms with Crippen LogP contribution in [0.25, 0.3) is 0 Å². The van der Waals surface area contributed by atoms with E-state index in [-0.39, 0.29) is 29.2 Å². The van der Waals surface area contributed by atoms with Crippen LogP contribution in [-0.2, 0) is 9.59 Å². The zero-order chi connectivity index (χ0) is 23.9. The SMILES string of the molecule is Cc1ccc([N+](=O)[O-])cc1NC(=O)[C@H]1CC(=O)Nc2nc(N3C[C@H](C)C[C@@H](C)C3)[nH]c(=O)c21. The van der Waals surface area contributed by atoms with Crippen LogP contribution in [0.5, 0.6) is 0 Å². The first-order chi connectivity index (χ1) is 15.6. The average Bonchev–Trinajstić information content (AvgIpc) is 2.73. The fourth-order valence-corrected chi connectivity index (χ4v) is 4.65. The number of amides is 2. The molecule has 0 aliphatic carbocycles. The minimum Gasteiger partial charge on any atom is -0.342 e. The highest BCUT2D eigenvalue weighted by Gasteiger charge is 2.36. The molecule has 2 aliphatic heterocycles. The molecule has 174 valence electrons. The predicted octanol–water partition coefficient (Wildman–Crippen LogP) is 2.53. The second-order valence-electron chi connectivity index (χ2n) is 9.05. The van der Waals surface area contributed by atoms with Crippen molar-refractivity contribution in [1.29, 1.82) is 0 Å². The van der Waals surface area contributed by atoms with Gasteiger partial charge in [0.2, 0.25) is 17.8 Å². The van der Waals surface area contributed by atoms with Gasteiger partial charge in [-0.05, 0) is 30.7 Å². The number of aromatic amines is 1. The highest BCUT2D eigenvalue weighted by Crippen LogP contribution is 2.32. The van der Waals surface area contributed by atoms with Crippen LogP contribution in [0.2, 0.25) is 0 Å². The van der Waals surface area contributed by atoms with Crippen LogP contribution < -0.4 is 21.1 Å². The Morgan fingerprint density at radius 3 is 2.61 bits per heavy atom. The van der Waals surface area contributed by atoms with E-state index < -0.39 is 28.2 Å². The lowest BCUT2D eigenvalue weighted by molar-refractivity contribution is -0.384. The highest BCUT2D eigenvalue weighted by molar-refractivity contribution is 6.04. The summed E-state index contributed by atoms with van der Waals surface area (Å²) in [5.41, 5.74) is 0.282. The molecular formula is C22H26N6O5. The van der Waals surface area contributed by atoms with Crippen molar-refractivity contribution in [2.75, 3.05) is 28.6 Å². The molecule has 0 unspecified atom stereocenters. The summed E-state index contributed by atoms with van der Waals surface area (Å²) in [7, 11) is 0. The Balaban J connectivity index is 1.65. The molecule has 0 bridgehead atoms. The number of nitrogens with one attached hydrogen (secondary N) is 3. The predicted molar refractivity (Wildman–Crippen MR) is 122 cm³/mol. The number of benzene rings is 1. The highest BCUT2D eigenvalue weighted by atomic mass is 16.6. The van der Waals surface area contributed by atoms with E-state index in [9.17, 15) is 24.5 Å². The fourth-order valence-electron chi connectivity index (χ4n) is 4.65. The lowest BCUT2D eigenvalue weighted by Gasteiger charge is -2.35. The number of anilines is 3. The number of rotatable bonds is 4. The zero-order valence-corrected chi connectivity index (χ0v) is 18.7. The van der Waals surface area contributed by atoms with Crippen molar-refractivity contribution in [1.82, 2.24) is 9.97 Å². The lowest BCUT2D eigenvalue weighted by atomic mass is 9.91. The van der Waals surface area contributed by atoms with E-state index in [0.29, 0.717) is 23.3 Å². The second-order valence-corrected chi connectivity index (χ2v) is 9.05. The number of aryl methyl sites for hydroxylation is 1. The molecule has 2 aliphatic rings. The molecule has 1 aromatic carbocycles. The number of nitro groups is 1. The molecule has 11 heteroatoms. The van der Waals surface area contributed by atoms with Crippen LogP contribution in [0, 0.1) is 28.9 Å². The monoisotopic (exact) mass is 454 g/mol. The summed E-state index contributed by atoms with van der Waals surface area (Å²) < 4.78 is 0. The molecule has 2 amide bonds. The number of carbonyl (C=O) groups excluding carboxylic acids is 2. The van der Waals surface area contributed by atoms with Gasteiger partial charge >= 0.3 is 0 Å². The summed E-state index contributed by atoms with van der Waals surface area (Å²) in [6, 6.07) is 4.12. The van der Waals surface area contributed by atoms with Crippen LogP contribution in [0.3, 0.4) is 0 Å². The van der Waals surface area contributed by atoms with Gasteiger partial charge in [-0.1, -0.05) is 19.9 Å². The number of nitro benzene ring substituents is 1. The van der Waals surface area contributed by atoms with Gasteiger partial charge < -0.3 is 15.5 Å². The van der Waals surface area contributed by atoms with Crippen molar-refractivity contribution < 1.29 is 14.5 Å². The molecule has 3 N–H and O–H groups in total. The number of nitrogens with zero attached hydrogens (tertiary/aromatic N) is 3.